The van der Waals surface area contributed by atoms with Crippen molar-refractivity contribution in [1.29, 1.82) is 0 Å². The molecule has 0 aliphatic heterocycles. The van der Waals surface area contributed by atoms with E-state index in [-0.39, 0.29) is 6.61 Å². The number of aliphatic hydroxyl groups is 3. The first-order valence-corrected chi connectivity index (χ1v) is 19.5. The van der Waals surface area contributed by atoms with E-state index >= 15 is 0 Å². The van der Waals surface area contributed by atoms with Crippen LogP contribution in [0, 0.1) is 0 Å². The van der Waals surface area contributed by atoms with Crippen LogP contribution in [0.1, 0.15) is 206 Å². The Morgan fingerprint density at radius 1 is 0.523 bits per heavy atom. The maximum Gasteiger partial charge on any atom is 0.249 e. The summed E-state index contributed by atoms with van der Waals surface area (Å²) in [4.78, 5) is 12.4. The lowest BCUT2D eigenvalue weighted by atomic mass is 10.0. The maximum atomic E-state index is 12.4. The summed E-state index contributed by atoms with van der Waals surface area (Å²) >= 11 is 0. The molecule has 0 rings (SSSR count). The van der Waals surface area contributed by atoms with Crippen molar-refractivity contribution in [3.05, 3.63) is 12.2 Å². The maximum absolute atomic E-state index is 12.4. The Morgan fingerprint density at radius 2 is 0.864 bits per heavy atom. The Balaban J connectivity index is 3.63. The van der Waals surface area contributed by atoms with Gasteiger partial charge in [-0.3, -0.25) is 4.79 Å². The summed E-state index contributed by atoms with van der Waals surface area (Å²) < 4.78 is 0. The number of hydrogen-bond donors (Lipinski definition) is 4. The van der Waals surface area contributed by atoms with E-state index < -0.39 is 24.2 Å². The molecule has 3 atom stereocenters. The molecule has 0 radical (unpaired) electrons. The molecule has 0 fully saturated rings. The summed E-state index contributed by atoms with van der Waals surface area (Å²) in [5.41, 5.74) is 0. The average molecular weight is 624 g/mol. The van der Waals surface area contributed by atoms with Crippen molar-refractivity contribution in [2.75, 3.05) is 6.61 Å². The van der Waals surface area contributed by atoms with Crippen molar-refractivity contribution in [1.82, 2.24) is 5.32 Å². The van der Waals surface area contributed by atoms with E-state index in [4.69, 9.17) is 0 Å². The number of rotatable bonds is 35. The molecular weight excluding hydrogens is 546 g/mol. The van der Waals surface area contributed by atoms with Crippen molar-refractivity contribution < 1.29 is 20.1 Å². The Bertz CT molecular complexity index is 611. The second kappa shape index (κ2) is 35.0. The Kier molecular flexibility index (Phi) is 34.2. The summed E-state index contributed by atoms with van der Waals surface area (Å²) in [5.74, 6) is -0.476. The molecule has 0 spiro atoms. The minimum absolute atomic E-state index is 0.314. The monoisotopic (exact) mass is 624 g/mol. The van der Waals surface area contributed by atoms with E-state index in [1.807, 2.05) is 0 Å². The molecule has 1 amide bonds. The highest BCUT2D eigenvalue weighted by molar-refractivity contribution is 5.80. The smallest absolute Gasteiger partial charge is 0.249 e. The van der Waals surface area contributed by atoms with Crippen molar-refractivity contribution in [2.45, 2.75) is 225 Å². The zero-order chi connectivity index (χ0) is 32.4. The molecule has 0 heterocycles. The number of carbonyl (C=O) groups excluding carboxylic acids is 1. The third-order valence-electron chi connectivity index (χ3n) is 9.13. The lowest BCUT2D eigenvalue weighted by Crippen LogP contribution is -2.49. The fraction of sp³-hybridized carbons (Fsp3) is 0.923. The van der Waals surface area contributed by atoms with Crippen LogP contribution in [0.25, 0.3) is 0 Å². The van der Waals surface area contributed by atoms with Gasteiger partial charge in [-0.25, -0.2) is 0 Å². The summed E-state index contributed by atoms with van der Waals surface area (Å²) in [6.07, 6.45) is 39.2. The number of carbonyl (C=O) groups is 1. The fourth-order valence-electron chi connectivity index (χ4n) is 6.01. The summed E-state index contributed by atoms with van der Waals surface area (Å²) in [5, 5.41) is 33.1. The van der Waals surface area contributed by atoms with Crippen molar-refractivity contribution >= 4 is 5.91 Å². The van der Waals surface area contributed by atoms with Crippen LogP contribution in [0.5, 0.6) is 0 Å². The van der Waals surface area contributed by atoms with Crippen LogP contribution in [0.15, 0.2) is 12.2 Å². The Hall–Kier alpha value is -0.910. The number of nitrogens with one attached hydrogen (secondary N) is 1. The molecule has 5 nitrogen and oxygen atoms in total. The van der Waals surface area contributed by atoms with E-state index in [0.29, 0.717) is 12.8 Å². The van der Waals surface area contributed by atoms with Crippen molar-refractivity contribution in [2.24, 2.45) is 0 Å². The first-order chi connectivity index (χ1) is 21.6. The molecule has 4 N–H and O–H groups in total. The zero-order valence-corrected chi connectivity index (χ0v) is 29.6. The van der Waals surface area contributed by atoms with Gasteiger partial charge in [0, 0.05) is 0 Å². The van der Waals surface area contributed by atoms with Gasteiger partial charge in [0.15, 0.2) is 0 Å². The van der Waals surface area contributed by atoms with E-state index in [0.717, 1.165) is 32.1 Å². The minimum atomic E-state index is -1.07. The van der Waals surface area contributed by atoms with Gasteiger partial charge >= 0.3 is 0 Å². The highest BCUT2D eigenvalue weighted by Gasteiger charge is 2.23. The van der Waals surface area contributed by atoms with Gasteiger partial charge in [-0.15, -0.1) is 0 Å². The molecule has 0 aliphatic rings. The molecule has 0 saturated carbocycles. The summed E-state index contributed by atoms with van der Waals surface area (Å²) in [6, 6.07) is -0.709. The van der Waals surface area contributed by atoms with Gasteiger partial charge in [0.2, 0.25) is 5.91 Å². The molecule has 0 saturated heterocycles. The van der Waals surface area contributed by atoms with Crippen LogP contribution in [-0.2, 0) is 4.79 Å². The van der Waals surface area contributed by atoms with E-state index in [1.165, 1.54) is 148 Å². The lowest BCUT2D eigenvalue weighted by molar-refractivity contribution is -0.131. The highest BCUT2D eigenvalue weighted by Crippen LogP contribution is 2.15. The second-order valence-electron chi connectivity index (χ2n) is 13.5. The van der Waals surface area contributed by atoms with Gasteiger partial charge in [0.05, 0.1) is 18.8 Å². The normalized spacial score (nSPS) is 13.8. The van der Waals surface area contributed by atoms with Crippen LogP contribution in [-0.4, -0.2) is 46.1 Å². The van der Waals surface area contributed by atoms with Gasteiger partial charge in [0.25, 0.3) is 0 Å². The minimum Gasteiger partial charge on any atom is -0.394 e. The molecule has 0 aliphatic carbocycles. The SMILES string of the molecule is CCCCCCCCCCCC/C=C\CCCCCCCCC(O)C(=O)NC(CO)C(O)CCCCCCCCCCCC. The first-order valence-electron chi connectivity index (χ1n) is 19.5. The van der Waals surface area contributed by atoms with E-state index in [1.54, 1.807) is 0 Å². The number of hydrogen-bond acceptors (Lipinski definition) is 4. The third-order valence-corrected chi connectivity index (χ3v) is 9.13. The molecule has 0 bridgehead atoms. The quantitative estimate of drug-likeness (QED) is 0.0418. The highest BCUT2D eigenvalue weighted by atomic mass is 16.3. The second-order valence-corrected chi connectivity index (χ2v) is 13.5. The van der Waals surface area contributed by atoms with Crippen LogP contribution in [0.2, 0.25) is 0 Å². The predicted octanol–water partition coefficient (Wildman–Crippen LogP) is 10.5. The van der Waals surface area contributed by atoms with Crippen LogP contribution in [0.3, 0.4) is 0 Å². The van der Waals surface area contributed by atoms with Gasteiger partial charge in [-0.05, 0) is 38.5 Å². The largest absolute Gasteiger partial charge is 0.394 e. The van der Waals surface area contributed by atoms with Crippen molar-refractivity contribution in [3.8, 4) is 0 Å². The molecule has 0 aromatic rings. The lowest BCUT2D eigenvalue weighted by Gasteiger charge is -2.23. The molecule has 3 unspecified atom stereocenters. The molecule has 44 heavy (non-hydrogen) atoms. The predicted molar refractivity (Wildman–Crippen MR) is 190 cm³/mol. The van der Waals surface area contributed by atoms with Crippen molar-refractivity contribution in [3.63, 3.8) is 0 Å². The van der Waals surface area contributed by atoms with Gasteiger partial charge in [-0.1, -0.05) is 180 Å². The molecular formula is C39H77NO4. The zero-order valence-electron chi connectivity index (χ0n) is 29.6. The Labute approximate surface area is 274 Å². The molecule has 0 aromatic carbocycles. The van der Waals surface area contributed by atoms with Crippen LogP contribution in [0.4, 0.5) is 0 Å². The van der Waals surface area contributed by atoms with Crippen LogP contribution < -0.4 is 5.32 Å². The number of amides is 1. The average Bonchev–Trinajstić information content (AvgIpc) is 3.03. The van der Waals surface area contributed by atoms with E-state index in [2.05, 4.69) is 31.3 Å². The van der Waals surface area contributed by atoms with Gasteiger partial charge < -0.3 is 20.6 Å². The van der Waals surface area contributed by atoms with Gasteiger partial charge in [0.1, 0.15) is 6.10 Å². The Morgan fingerprint density at radius 3 is 1.25 bits per heavy atom. The summed E-state index contributed by atoms with van der Waals surface area (Å²) in [6.45, 7) is 4.21. The molecule has 5 heteroatoms. The van der Waals surface area contributed by atoms with E-state index in [9.17, 15) is 20.1 Å². The first kappa shape index (κ1) is 43.1. The molecule has 262 valence electrons. The topological polar surface area (TPSA) is 89.8 Å². The molecule has 0 aromatic heterocycles. The van der Waals surface area contributed by atoms with Gasteiger partial charge in [-0.2, -0.15) is 0 Å². The number of allylic oxidation sites excluding steroid dienone is 2. The number of unbranched alkanes of at least 4 members (excludes halogenated alkanes) is 25. The third kappa shape index (κ3) is 29.8. The van der Waals surface area contributed by atoms with Crippen LogP contribution >= 0.6 is 0 Å². The summed E-state index contributed by atoms with van der Waals surface area (Å²) in [7, 11) is 0. The fourth-order valence-corrected chi connectivity index (χ4v) is 6.01. The number of aliphatic hydroxyl groups excluding tert-OH is 3. The standard InChI is InChI=1S/C39H77NO4/c1-3-5-7-9-11-13-15-16-17-18-19-20-21-22-23-24-26-28-30-32-34-38(43)39(44)40-36(35-41)37(42)33-31-29-27-25-14-12-10-8-6-4-2/h20-21,36-38,41-43H,3-19,22-35H2,1-2H3,(H,40,44)/b21-20-.